The lowest BCUT2D eigenvalue weighted by molar-refractivity contribution is 0.102. The van der Waals surface area contributed by atoms with Gasteiger partial charge in [-0.15, -0.1) is 15.0 Å². The maximum Gasteiger partial charge on any atom is 0.276 e. The van der Waals surface area contributed by atoms with Crippen LogP contribution < -0.4 is 10.1 Å². The Morgan fingerprint density at radius 2 is 1.91 bits per heavy atom. The lowest BCUT2D eigenvalue weighted by atomic mass is 10.2. The van der Waals surface area contributed by atoms with E-state index in [1.165, 1.54) is 4.80 Å². The average Bonchev–Trinajstić information content (AvgIpc) is 3.62. The smallest absolute Gasteiger partial charge is 0.276 e. The molecule has 2 aromatic carbocycles. The summed E-state index contributed by atoms with van der Waals surface area (Å²) in [6.07, 6.45) is 5.05. The fraction of sp³-hybridized carbons (Fsp3) is 0.130. The second-order valence-electron chi connectivity index (χ2n) is 7.47. The number of carbonyl (C=O) groups excluding carboxylic acids is 1. The molecule has 1 amide bonds. The van der Waals surface area contributed by atoms with E-state index in [0.717, 1.165) is 16.9 Å². The van der Waals surface area contributed by atoms with Crippen LogP contribution >= 0.6 is 0 Å². The zero-order valence-electron chi connectivity index (χ0n) is 18.3. The summed E-state index contributed by atoms with van der Waals surface area (Å²) in [6.45, 7) is 0.781. The molecule has 5 aromatic rings. The first-order chi connectivity index (χ1) is 16.7. The minimum atomic E-state index is -0.337. The average molecular weight is 455 g/mol. The van der Waals surface area contributed by atoms with Crippen molar-refractivity contribution in [2.75, 3.05) is 12.4 Å². The number of benzene rings is 2. The molecular formula is C23H21N9O2. The van der Waals surface area contributed by atoms with Crippen molar-refractivity contribution in [3.8, 4) is 17.1 Å². The van der Waals surface area contributed by atoms with Gasteiger partial charge in [-0.2, -0.15) is 10.2 Å². The first-order valence-electron chi connectivity index (χ1n) is 10.5. The highest BCUT2D eigenvalue weighted by Gasteiger charge is 2.12. The number of carbonyl (C=O) groups is 1. The van der Waals surface area contributed by atoms with Gasteiger partial charge in [-0.3, -0.25) is 9.48 Å². The number of hydrogen-bond acceptors (Lipinski definition) is 7. The molecule has 0 saturated carbocycles. The van der Waals surface area contributed by atoms with E-state index in [4.69, 9.17) is 4.74 Å². The molecule has 3 aromatic heterocycles. The lowest BCUT2D eigenvalue weighted by Gasteiger charge is -2.04. The number of tetrazole rings is 1. The SMILES string of the molecule is COc1cccc(Cn2cc(NC(=O)c3ccn(Cn4nnc(-c5ccccc5)n4)n3)cn2)c1. The van der Waals surface area contributed by atoms with E-state index < -0.39 is 0 Å². The van der Waals surface area contributed by atoms with Crippen LogP contribution in [0.15, 0.2) is 79.3 Å². The van der Waals surface area contributed by atoms with Crippen molar-refractivity contribution in [3.63, 3.8) is 0 Å². The zero-order valence-corrected chi connectivity index (χ0v) is 18.3. The number of ether oxygens (including phenoxy) is 1. The standard InChI is InChI=1S/C23H21N9O2/c1-34-20-9-5-6-17(12-20)14-31-15-19(13-24-31)25-23(33)21-10-11-30(27-21)16-32-28-22(26-29-32)18-7-3-2-4-8-18/h2-13,15H,14,16H2,1H3,(H,25,33). The van der Waals surface area contributed by atoms with Crippen LogP contribution in [0.5, 0.6) is 5.75 Å². The van der Waals surface area contributed by atoms with E-state index in [1.54, 1.807) is 41.1 Å². The Hall–Kier alpha value is -4.80. The molecule has 0 atom stereocenters. The van der Waals surface area contributed by atoms with E-state index in [2.05, 4.69) is 30.9 Å². The highest BCUT2D eigenvalue weighted by Crippen LogP contribution is 2.15. The van der Waals surface area contributed by atoms with Crippen LogP contribution in [0.1, 0.15) is 16.1 Å². The molecule has 0 aliphatic carbocycles. The number of rotatable bonds is 8. The Balaban J connectivity index is 1.20. The van der Waals surface area contributed by atoms with E-state index in [9.17, 15) is 4.79 Å². The van der Waals surface area contributed by atoms with Gasteiger partial charge in [0.15, 0.2) is 12.4 Å². The Labute approximate surface area is 194 Å². The molecule has 11 nitrogen and oxygen atoms in total. The second-order valence-corrected chi connectivity index (χ2v) is 7.47. The third-order valence-electron chi connectivity index (χ3n) is 5.00. The summed E-state index contributed by atoms with van der Waals surface area (Å²) in [5.41, 5.74) is 2.76. The lowest BCUT2D eigenvalue weighted by Crippen LogP contribution is -2.15. The van der Waals surface area contributed by atoms with Gasteiger partial charge in [0.2, 0.25) is 5.82 Å². The fourth-order valence-electron chi connectivity index (χ4n) is 3.36. The highest BCUT2D eigenvalue weighted by molar-refractivity contribution is 6.02. The summed E-state index contributed by atoms with van der Waals surface area (Å²) in [7, 11) is 1.63. The molecule has 0 spiro atoms. The van der Waals surface area contributed by atoms with E-state index in [0.29, 0.717) is 18.1 Å². The van der Waals surface area contributed by atoms with Crippen molar-refractivity contribution < 1.29 is 9.53 Å². The minimum Gasteiger partial charge on any atom is -0.497 e. The minimum absolute atomic E-state index is 0.228. The monoisotopic (exact) mass is 455 g/mol. The molecule has 0 bridgehead atoms. The Morgan fingerprint density at radius 1 is 1.03 bits per heavy atom. The number of anilines is 1. The third-order valence-corrected chi connectivity index (χ3v) is 5.00. The number of hydrogen-bond donors (Lipinski definition) is 1. The highest BCUT2D eigenvalue weighted by atomic mass is 16.5. The number of amides is 1. The van der Waals surface area contributed by atoms with Gasteiger partial charge in [0.05, 0.1) is 25.5 Å². The normalized spacial score (nSPS) is 10.9. The van der Waals surface area contributed by atoms with Gasteiger partial charge in [-0.1, -0.05) is 42.5 Å². The summed E-state index contributed by atoms with van der Waals surface area (Å²) >= 11 is 0. The molecule has 3 heterocycles. The summed E-state index contributed by atoms with van der Waals surface area (Å²) in [5.74, 6) is 0.971. The van der Waals surface area contributed by atoms with Crippen LogP contribution in [0.4, 0.5) is 5.69 Å². The van der Waals surface area contributed by atoms with Crippen molar-refractivity contribution in [2.45, 2.75) is 13.2 Å². The molecule has 5 rings (SSSR count). The molecule has 0 fully saturated rings. The number of methoxy groups -OCH3 is 1. The Bertz CT molecular complexity index is 1400. The summed E-state index contributed by atoms with van der Waals surface area (Å²) < 4.78 is 8.56. The largest absolute Gasteiger partial charge is 0.497 e. The van der Waals surface area contributed by atoms with Gasteiger partial charge in [-0.25, -0.2) is 4.68 Å². The van der Waals surface area contributed by atoms with Crippen LogP contribution in [0.3, 0.4) is 0 Å². The molecule has 11 heteroatoms. The van der Waals surface area contributed by atoms with E-state index in [1.807, 2.05) is 54.6 Å². The Kier molecular flexibility index (Phi) is 5.80. The van der Waals surface area contributed by atoms with Gasteiger partial charge < -0.3 is 10.1 Å². The molecule has 1 N–H and O–H groups in total. The molecule has 34 heavy (non-hydrogen) atoms. The fourth-order valence-corrected chi connectivity index (χ4v) is 3.36. The molecule has 170 valence electrons. The van der Waals surface area contributed by atoms with Gasteiger partial charge in [0, 0.05) is 18.0 Å². The van der Waals surface area contributed by atoms with Crippen molar-refractivity contribution >= 4 is 11.6 Å². The molecule has 0 radical (unpaired) electrons. The van der Waals surface area contributed by atoms with E-state index in [-0.39, 0.29) is 18.3 Å². The second kappa shape index (κ2) is 9.36. The predicted octanol–water partition coefficient (Wildman–Crippen LogP) is 2.55. The van der Waals surface area contributed by atoms with Gasteiger partial charge >= 0.3 is 0 Å². The maximum absolute atomic E-state index is 12.6. The first kappa shape index (κ1) is 21.1. The summed E-state index contributed by atoms with van der Waals surface area (Å²) in [6, 6.07) is 19.0. The van der Waals surface area contributed by atoms with E-state index >= 15 is 0 Å². The molecule has 0 aliphatic heterocycles. The number of nitrogens with zero attached hydrogens (tertiary/aromatic N) is 8. The van der Waals surface area contributed by atoms with Crippen LogP contribution in [0.2, 0.25) is 0 Å². The topological polar surface area (TPSA) is 118 Å². The van der Waals surface area contributed by atoms with Crippen LogP contribution in [-0.2, 0) is 13.2 Å². The quantitative estimate of drug-likeness (QED) is 0.382. The molecule has 0 saturated heterocycles. The third kappa shape index (κ3) is 4.83. The molecule has 0 aliphatic rings. The first-order valence-corrected chi connectivity index (χ1v) is 10.5. The summed E-state index contributed by atoms with van der Waals surface area (Å²) in [5, 5.41) is 23.9. The van der Waals surface area contributed by atoms with Crippen molar-refractivity contribution in [3.05, 3.63) is 90.5 Å². The van der Waals surface area contributed by atoms with Crippen molar-refractivity contribution in [1.82, 2.24) is 39.8 Å². The van der Waals surface area contributed by atoms with Gasteiger partial charge in [-0.05, 0) is 29.0 Å². The zero-order chi connectivity index (χ0) is 23.3. The van der Waals surface area contributed by atoms with Crippen molar-refractivity contribution in [1.29, 1.82) is 0 Å². The number of nitrogens with one attached hydrogen (secondary N) is 1. The molecular weight excluding hydrogens is 434 g/mol. The number of aromatic nitrogens is 8. The van der Waals surface area contributed by atoms with Gasteiger partial charge in [0.25, 0.3) is 5.91 Å². The summed E-state index contributed by atoms with van der Waals surface area (Å²) in [4.78, 5) is 14.0. The van der Waals surface area contributed by atoms with Crippen molar-refractivity contribution in [2.24, 2.45) is 0 Å². The maximum atomic E-state index is 12.6. The van der Waals surface area contributed by atoms with Crippen LogP contribution in [0, 0.1) is 0 Å². The predicted molar refractivity (Wildman–Crippen MR) is 123 cm³/mol. The Morgan fingerprint density at radius 3 is 2.76 bits per heavy atom. The molecule has 0 unspecified atom stereocenters. The van der Waals surface area contributed by atoms with Crippen LogP contribution in [-0.4, -0.2) is 52.8 Å². The van der Waals surface area contributed by atoms with Crippen LogP contribution in [0.25, 0.3) is 11.4 Å². The van der Waals surface area contributed by atoms with Gasteiger partial charge in [0.1, 0.15) is 5.75 Å².